The van der Waals surface area contributed by atoms with Crippen molar-refractivity contribution in [2.75, 3.05) is 7.11 Å². The lowest BCUT2D eigenvalue weighted by Crippen LogP contribution is -2.45. The van der Waals surface area contributed by atoms with Gasteiger partial charge in [0.15, 0.2) is 0 Å². The van der Waals surface area contributed by atoms with Gasteiger partial charge in [-0.05, 0) is 35.6 Å². The van der Waals surface area contributed by atoms with E-state index in [1.807, 2.05) is 56.3 Å². The third-order valence-electron chi connectivity index (χ3n) is 5.14. The summed E-state index contributed by atoms with van der Waals surface area (Å²) in [6.07, 6.45) is 3.48. The molecule has 0 N–H and O–H groups in total. The van der Waals surface area contributed by atoms with Crippen LogP contribution in [-0.4, -0.2) is 29.9 Å². The molecule has 0 aliphatic rings. The van der Waals surface area contributed by atoms with Gasteiger partial charge in [0.25, 0.3) is 0 Å². The highest BCUT2D eigenvalue weighted by Gasteiger charge is 2.29. The second kappa shape index (κ2) is 11.8. The quantitative estimate of drug-likeness (QED) is 0.516. The van der Waals surface area contributed by atoms with Gasteiger partial charge >= 0.3 is 5.97 Å². The first-order valence-electron chi connectivity index (χ1n) is 10.5. The molecule has 5 heteroatoms. The Labute approximate surface area is 179 Å². The van der Waals surface area contributed by atoms with E-state index in [0.29, 0.717) is 24.9 Å². The molecule has 0 unspecified atom stereocenters. The van der Waals surface area contributed by atoms with Crippen molar-refractivity contribution in [3.05, 3.63) is 59.7 Å². The molecular formula is C25H30N2O3. The van der Waals surface area contributed by atoms with Crippen molar-refractivity contribution in [3.8, 4) is 17.2 Å². The molecule has 0 aromatic heterocycles. The standard InChI is InChI=1S/C25H30N2O3/c1-4-6-12-24(28)27(23(9-5-2)25(29)30-3)18-19-13-15-20(16-14-19)22-11-8-7-10-21(22)17-26/h7-8,10-11,13-16,23H,4-6,9,12,18H2,1-3H3/t23-/m0/s1. The Hall–Kier alpha value is -3.13. The Bertz CT molecular complexity index is 884. The first kappa shape index (κ1) is 23.2. The van der Waals surface area contributed by atoms with Gasteiger partial charge < -0.3 is 9.64 Å². The van der Waals surface area contributed by atoms with Gasteiger partial charge in [-0.15, -0.1) is 0 Å². The maximum atomic E-state index is 12.9. The number of nitriles is 1. The lowest BCUT2D eigenvalue weighted by atomic mass is 9.99. The van der Waals surface area contributed by atoms with Crippen molar-refractivity contribution in [1.82, 2.24) is 4.90 Å². The molecule has 0 spiro atoms. The highest BCUT2D eigenvalue weighted by Crippen LogP contribution is 2.24. The van der Waals surface area contributed by atoms with E-state index in [2.05, 4.69) is 6.07 Å². The zero-order chi connectivity index (χ0) is 21.9. The molecule has 0 fully saturated rings. The highest BCUT2D eigenvalue weighted by molar-refractivity contribution is 5.84. The van der Waals surface area contributed by atoms with Gasteiger partial charge in [-0.25, -0.2) is 4.79 Å². The normalized spacial score (nSPS) is 11.4. The lowest BCUT2D eigenvalue weighted by molar-refractivity contribution is -0.153. The minimum Gasteiger partial charge on any atom is -0.467 e. The van der Waals surface area contributed by atoms with Crippen molar-refractivity contribution in [1.29, 1.82) is 5.26 Å². The summed E-state index contributed by atoms with van der Waals surface area (Å²) in [4.78, 5) is 26.9. The van der Waals surface area contributed by atoms with Crippen molar-refractivity contribution >= 4 is 11.9 Å². The van der Waals surface area contributed by atoms with Crippen molar-refractivity contribution in [2.45, 2.75) is 58.5 Å². The van der Waals surface area contributed by atoms with E-state index in [-0.39, 0.29) is 11.9 Å². The predicted molar refractivity (Wildman–Crippen MR) is 117 cm³/mol. The number of esters is 1. The zero-order valence-corrected chi connectivity index (χ0v) is 18.1. The SMILES string of the molecule is CCCCC(=O)N(Cc1ccc(-c2ccccc2C#N)cc1)[C@@H](CCC)C(=O)OC. The summed E-state index contributed by atoms with van der Waals surface area (Å²) in [7, 11) is 1.36. The average molecular weight is 407 g/mol. The van der Waals surface area contributed by atoms with Crippen LogP contribution in [-0.2, 0) is 20.9 Å². The highest BCUT2D eigenvalue weighted by atomic mass is 16.5. The van der Waals surface area contributed by atoms with Crippen LogP contribution in [0.25, 0.3) is 11.1 Å². The van der Waals surface area contributed by atoms with Gasteiger partial charge in [0.1, 0.15) is 6.04 Å². The Morgan fingerprint density at radius 3 is 2.37 bits per heavy atom. The van der Waals surface area contributed by atoms with Crippen molar-refractivity contribution in [2.24, 2.45) is 0 Å². The molecule has 0 aliphatic heterocycles. The van der Waals surface area contributed by atoms with E-state index in [9.17, 15) is 14.9 Å². The van der Waals surface area contributed by atoms with Crippen LogP contribution in [0.2, 0.25) is 0 Å². The molecule has 0 heterocycles. The first-order chi connectivity index (χ1) is 14.5. The van der Waals surface area contributed by atoms with Gasteiger partial charge in [-0.3, -0.25) is 4.79 Å². The molecule has 5 nitrogen and oxygen atoms in total. The molecule has 0 aliphatic carbocycles. The van der Waals surface area contributed by atoms with E-state index in [1.54, 1.807) is 11.0 Å². The second-order valence-corrected chi connectivity index (χ2v) is 7.31. The van der Waals surface area contributed by atoms with E-state index in [1.165, 1.54) is 7.11 Å². The molecule has 1 atom stereocenters. The first-order valence-corrected chi connectivity index (χ1v) is 10.5. The fourth-order valence-corrected chi connectivity index (χ4v) is 3.47. The van der Waals surface area contributed by atoms with Crippen LogP contribution < -0.4 is 0 Å². The van der Waals surface area contributed by atoms with Crippen LogP contribution in [0.4, 0.5) is 0 Å². The van der Waals surface area contributed by atoms with Crippen LogP contribution in [0.1, 0.15) is 57.1 Å². The van der Waals surface area contributed by atoms with Crippen molar-refractivity contribution < 1.29 is 14.3 Å². The molecule has 2 rings (SSSR count). The van der Waals surface area contributed by atoms with Gasteiger partial charge in [0, 0.05) is 13.0 Å². The number of methoxy groups -OCH3 is 1. The summed E-state index contributed by atoms with van der Waals surface area (Å²) in [6, 6.07) is 16.9. The third-order valence-corrected chi connectivity index (χ3v) is 5.14. The number of nitrogens with zero attached hydrogens (tertiary/aromatic N) is 2. The van der Waals surface area contributed by atoms with Crippen LogP contribution >= 0.6 is 0 Å². The summed E-state index contributed by atoms with van der Waals surface area (Å²) in [6.45, 7) is 4.38. The molecule has 1 amide bonds. The number of carbonyl (C=O) groups is 2. The molecule has 0 saturated heterocycles. The number of ether oxygens (including phenoxy) is 1. The van der Waals surface area contributed by atoms with E-state index < -0.39 is 6.04 Å². The number of hydrogen-bond donors (Lipinski definition) is 0. The Kier molecular flexibility index (Phi) is 9.08. The summed E-state index contributed by atoms with van der Waals surface area (Å²) < 4.78 is 4.98. The summed E-state index contributed by atoms with van der Waals surface area (Å²) in [5, 5.41) is 9.33. The Morgan fingerprint density at radius 2 is 1.77 bits per heavy atom. The fraction of sp³-hybridized carbons (Fsp3) is 0.400. The summed E-state index contributed by atoms with van der Waals surface area (Å²) >= 11 is 0. The van der Waals surface area contributed by atoms with Crippen molar-refractivity contribution in [3.63, 3.8) is 0 Å². The smallest absolute Gasteiger partial charge is 0.328 e. The number of carbonyl (C=O) groups excluding carboxylic acids is 2. The van der Waals surface area contributed by atoms with Crippen LogP contribution in [0.15, 0.2) is 48.5 Å². The van der Waals surface area contributed by atoms with Gasteiger partial charge in [-0.1, -0.05) is 69.2 Å². The number of benzene rings is 2. The van der Waals surface area contributed by atoms with E-state index in [4.69, 9.17) is 4.74 Å². The molecule has 2 aromatic carbocycles. The predicted octanol–water partition coefficient (Wildman–Crippen LogP) is 5.09. The molecule has 158 valence electrons. The van der Waals surface area contributed by atoms with E-state index >= 15 is 0 Å². The Balaban J connectivity index is 2.29. The maximum absolute atomic E-state index is 12.9. The summed E-state index contributed by atoms with van der Waals surface area (Å²) in [5.74, 6) is -0.402. The molecular weight excluding hydrogens is 376 g/mol. The van der Waals surface area contributed by atoms with Gasteiger partial charge in [0.2, 0.25) is 5.91 Å². The molecule has 0 saturated carbocycles. The third kappa shape index (κ3) is 5.93. The minimum absolute atomic E-state index is 0.0281. The maximum Gasteiger partial charge on any atom is 0.328 e. The minimum atomic E-state index is -0.580. The second-order valence-electron chi connectivity index (χ2n) is 7.31. The number of unbranched alkanes of at least 4 members (excludes halogenated alkanes) is 1. The molecule has 30 heavy (non-hydrogen) atoms. The Morgan fingerprint density at radius 1 is 1.07 bits per heavy atom. The summed E-state index contributed by atoms with van der Waals surface area (Å²) in [5.41, 5.74) is 3.37. The molecule has 2 aromatic rings. The number of rotatable bonds is 10. The number of hydrogen-bond acceptors (Lipinski definition) is 4. The monoisotopic (exact) mass is 406 g/mol. The van der Waals surface area contributed by atoms with Gasteiger partial charge in [-0.2, -0.15) is 5.26 Å². The molecule has 0 radical (unpaired) electrons. The van der Waals surface area contributed by atoms with Gasteiger partial charge in [0.05, 0.1) is 18.7 Å². The topological polar surface area (TPSA) is 70.4 Å². The lowest BCUT2D eigenvalue weighted by Gasteiger charge is -2.30. The van der Waals surface area contributed by atoms with E-state index in [0.717, 1.165) is 36.0 Å². The number of amides is 1. The molecule has 0 bridgehead atoms. The average Bonchev–Trinajstić information content (AvgIpc) is 2.79. The van der Waals surface area contributed by atoms with Crippen LogP contribution in [0.5, 0.6) is 0 Å². The largest absolute Gasteiger partial charge is 0.467 e. The fourth-order valence-electron chi connectivity index (χ4n) is 3.47. The van der Waals surface area contributed by atoms with Crippen LogP contribution in [0, 0.1) is 11.3 Å². The zero-order valence-electron chi connectivity index (χ0n) is 18.1. The van der Waals surface area contributed by atoms with Crippen LogP contribution in [0.3, 0.4) is 0 Å².